The maximum Gasteiger partial charge on any atom is 0.305 e. The molecular formula is C20H31NO4S. The van der Waals surface area contributed by atoms with Gasteiger partial charge in [-0.05, 0) is 31.4 Å². The molecule has 26 heavy (non-hydrogen) atoms. The molecule has 146 valence electrons. The first-order chi connectivity index (χ1) is 12.5. The lowest BCUT2D eigenvalue weighted by Crippen LogP contribution is -2.34. The van der Waals surface area contributed by atoms with E-state index in [-0.39, 0.29) is 23.8 Å². The molecule has 0 bridgehead atoms. The maximum absolute atomic E-state index is 12.1. The van der Waals surface area contributed by atoms with Gasteiger partial charge in [-0.2, -0.15) is 11.8 Å². The van der Waals surface area contributed by atoms with Gasteiger partial charge < -0.3 is 14.7 Å². The van der Waals surface area contributed by atoms with Crippen LogP contribution in [0.25, 0.3) is 0 Å². The molecule has 1 saturated heterocycles. The minimum absolute atomic E-state index is 0.0669. The van der Waals surface area contributed by atoms with Crippen LogP contribution >= 0.6 is 11.8 Å². The van der Waals surface area contributed by atoms with Crippen molar-refractivity contribution in [2.75, 3.05) is 25.2 Å². The number of rotatable bonds is 11. The second-order valence-corrected chi connectivity index (χ2v) is 7.69. The molecule has 1 aliphatic rings. The number of likely N-dealkylation sites (tertiary alicyclic amines) is 1. The Morgan fingerprint density at radius 2 is 2.27 bits per heavy atom. The third kappa shape index (κ3) is 8.29. The van der Waals surface area contributed by atoms with E-state index in [2.05, 4.69) is 16.6 Å². The van der Waals surface area contributed by atoms with Crippen LogP contribution in [0.5, 0.6) is 0 Å². The summed E-state index contributed by atoms with van der Waals surface area (Å²) in [6, 6.07) is 0.0669. The van der Waals surface area contributed by atoms with Crippen LogP contribution in [0.3, 0.4) is 0 Å². The summed E-state index contributed by atoms with van der Waals surface area (Å²) in [7, 11) is 1.40. The van der Waals surface area contributed by atoms with E-state index in [1.165, 1.54) is 7.11 Å². The van der Waals surface area contributed by atoms with Crippen LogP contribution in [-0.2, 0) is 14.3 Å². The van der Waals surface area contributed by atoms with Gasteiger partial charge in [0, 0.05) is 31.6 Å². The number of hydrogen-bond donors (Lipinski definition) is 1. The fraction of sp³-hybridized carbons (Fsp3) is 0.700. The summed E-state index contributed by atoms with van der Waals surface area (Å²) in [6.45, 7) is 4.47. The number of aliphatic hydroxyl groups excluding tert-OH is 1. The third-order valence-electron chi connectivity index (χ3n) is 4.46. The van der Waals surface area contributed by atoms with E-state index in [4.69, 9.17) is 0 Å². The molecule has 1 heterocycles. The number of aliphatic hydroxyl groups is 1. The monoisotopic (exact) mass is 381 g/mol. The Kier molecular flexibility index (Phi) is 11.1. The molecule has 1 aliphatic heterocycles. The number of nitrogens with zero attached hydrogens (tertiary/aromatic N) is 1. The van der Waals surface area contributed by atoms with Crippen molar-refractivity contribution in [3.05, 3.63) is 12.2 Å². The van der Waals surface area contributed by atoms with Gasteiger partial charge in [0.1, 0.15) is 0 Å². The van der Waals surface area contributed by atoms with Gasteiger partial charge in [-0.1, -0.05) is 19.1 Å². The summed E-state index contributed by atoms with van der Waals surface area (Å²) in [5.74, 6) is 7.64. The zero-order chi connectivity index (χ0) is 19.4. The number of thioether (sulfide) groups is 1. The summed E-state index contributed by atoms with van der Waals surface area (Å²) in [5.41, 5.74) is 0. The standard InChI is InChI=1S/C20H31NO4S/c1-4-5-7-16(2)18(22)11-9-17-10-12-19(23)21(17)13-15-26-14-6-8-20(24)25-3/h9,11,16-18,22H,6-8,10,12-15H2,1-3H3/t16-,17-,18+/m0/s1. The van der Waals surface area contributed by atoms with Crippen molar-refractivity contribution in [1.29, 1.82) is 0 Å². The molecule has 0 aliphatic carbocycles. The molecule has 1 N–H and O–H groups in total. The van der Waals surface area contributed by atoms with Crippen molar-refractivity contribution < 1.29 is 19.4 Å². The van der Waals surface area contributed by atoms with Crippen molar-refractivity contribution in [2.24, 2.45) is 5.92 Å². The van der Waals surface area contributed by atoms with Gasteiger partial charge >= 0.3 is 5.97 Å². The fourth-order valence-corrected chi connectivity index (χ4v) is 3.63. The number of carbonyl (C=O) groups excluding carboxylic acids is 2. The highest BCUT2D eigenvalue weighted by molar-refractivity contribution is 7.99. The van der Waals surface area contributed by atoms with E-state index >= 15 is 0 Å². The third-order valence-corrected chi connectivity index (χ3v) is 5.51. The summed E-state index contributed by atoms with van der Waals surface area (Å²) in [5, 5.41) is 10.2. The first-order valence-corrected chi connectivity index (χ1v) is 10.3. The summed E-state index contributed by atoms with van der Waals surface area (Å²) in [4.78, 5) is 25.0. The lowest BCUT2D eigenvalue weighted by atomic mass is 10.00. The van der Waals surface area contributed by atoms with Crippen LogP contribution in [-0.4, -0.2) is 59.2 Å². The SMILES string of the molecule is CC#CC[C@H](C)[C@H](O)C=C[C@H]1CCC(=O)N1CCSCCCC(=O)OC. The molecule has 6 heteroatoms. The molecule has 0 saturated carbocycles. The Morgan fingerprint density at radius 1 is 1.50 bits per heavy atom. The molecule has 0 aromatic heterocycles. The van der Waals surface area contributed by atoms with Crippen molar-refractivity contribution >= 4 is 23.6 Å². The average Bonchev–Trinajstić information content (AvgIpc) is 2.99. The van der Waals surface area contributed by atoms with Crippen LogP contribution in [0.4, 0.5) is 0 Å². The van der Waals surface area contributed by atoms with E-state index in [9.17, 15) is 14.7 Å². The van der Waals surface area contributed by atoms with Crippen LogP contribution in [0, 0.1) is 17.8 Å². The smallest absolute Gasteiger partial charge is 0.305 e. The largest absolute Gasteiger partial charge is 0.469 e. The van der Waals surface area contributed by atoms with Crippen LogP contribution in [0.15, 0.2) is 12.2 Å². The molecule has 0 radical (unpaired) electrons. The molecule has 1 fully saturated rings. The first-order valence-electron chi connectivity index (χ1n) is 9.19. The number of ether oxygens (including phenoxy) is 1. The number of hydrogen-bond acceptors (Lipinski definition) is 5. The highest BCUT2D eigenvalue weighted by atomic mass is 32.2. The Bertz CT molecular complexity index is 538. The fourth-order valence-electron chi connectivity index (χ4n) is 2.75. The summed E-state index contributed by atoms with van der Waals surface area (Å²) in [6.07, 6.45) is 6.50. The topological polar surface area (TPSA) is 66.8 Å². The van der Waals surface area contributed by atoms with Crippen molar-refractivity contribution in [2.45, 2.75) is 58.1 Å². The van der Waals surface area contributed by atoms with E-state index < -0.39 is 6.10 Å². The quantitative estimate of drug-likeness (QED) is 0.258. The van der Waals surface area contributed by atoms with E-state index in [0.717, 1.165) is 24.3 Å². The predicted octanol–water partition coefficient (Wildman–Crippen LogP) is 2.63. The number of amides is 1. The van der Waals surface area contributed by atoms with Gasteiger partial charge in [-0.3, -0.25) is 9.59 Å². The number of carbonyl (C=O) groups is 2. The van der Waals surface area contributed by atoms with Crippen LogP contribution in [0.1, 0.15) is 46.0 Å². The zero-order valence-electron chi connectivity index (χ0n) is 16.1. The minimum Gasteiger partial charge on any atom is -0.469 e. The normalized spacial score (nSPS) is 19.3. The molecule has 1 amide bonds. The van der Waals surface area contributed by atoms with E-state index in [0.29, 0.717) is 25.8 Å². The average molecular weight is 382 g/mol. The van der Waals surface area contributed by atoms with Crippen molar-refractivity contribution in [3.8, 4) is 11.8 Å². The summed E-state index contributed by atoms with van der Waals surface area (Å²) >= 11 is 1.74. The van der Waals surface area contributed by atoms with Gasteiger partial charge in [-0.15, -0.1) is 11.8 Å². The van der Waals surface area contributed by atoms with E-state index in [1.807, 2.05) is 24.0 Å². The van der Waals surface area contributed by atoms with Gasteiger partial charge in [-0.25, -0.2) is 0 Å². The Balaban J connectivity index is 2.36. The minimum atomic E-state index is -0.541. The van der Waals surface area contributed by atoms with Crippen LogP contribution in [0.2, 0.25) is 0 Å². The van der Waals surface area contributed by atoms with E-state index in [1.54, 1.807) is 18.7 Å². The van der Waals surface area contributed by atoms with Gasteiger partial charge in [0.15, 0.2) is 0 Å². The molecule has 0 aromatic rings. The lowest BCUT2D eigenvalue weighted by Gasteiger charge is -2.23. The molecule has 3 atom stereocenters. The first kappa shape index (κ1) is 22.6. The molecule has 5 nitrogen and oxygen atoms in total. The van der Waals surface area contributed by atoms with Gasteiger partial charge in [0.25, 0.3) is 0 Å². The molecule has 0 unspecified atom stereocenters. The highest BCUT2D eigenvalue weighted by Crippen LogP contribution is 2.21. The Morgan fingerprint density at radius 3 is 2.96 bits per heavy atom. The number of esters is 1. The van der Waals surface area contributed by atoms with Crippen molar-refractivity contribution in [1.82, 2.24) is 4.90 Å². The summed E-state index contributed by atoms with van der Waals surface area (Å²) < 4.78 is 4.61. The lowest BCUT2D eigenvalue weighted by molar-refractivity contribution is -0.140. The molecule has 0 aromatic carbocycles. The Labute approximate surface area is 161 Å². The molecule has 1 rings (SSSR count). The molecule has 0 spiro atoms. The van der Waals surface area contributed by atoms with Crippen LogP contribution < -0.4 is 0 Å². The number of methoxy groups -OCH3 is 1. The molecular weight excluding hydrogens is 350 g/mol. The van der Waals surface area contributed by atoms with Crippen molar-refractivity contribution in [3.63, 3.8) is 0 Å². The van der Waals surface area contributed by atoms with Gasteiger partial charge in [0.05, 0.1) is 19.3 Å². The zero-order valence-corrected chi connectivity index (χ0v) is 16.9. The second-order valence-electron chi connectivity index (χ2n) is 6.47. The van der Waals surface area contributed by atoms with Gasteiger partial charge in [0.2, 0.25) is 5.91 Å². The predicted molar refractivity (Wildman–Crippen MR) is 106 cm³/mol. The second kappa shape index (κ2) is 12.8. The maximum atomic E-state index is 12.1. The highest BCUT2D eigenvalue weighted by Gasteiger charge is 2.28. The Hall–Kier alpha value is -1.45.